The van der Waals surface area contributed by atoms with Crippen LogP contribution in [0.2, 0.25) is 0 Å². The Hall–Kier alpha value is -2.41. The van der Waals surface area contributed by atoms with Gasteiger partial charge in [-0.25, -0.2) is 4.99 Å². The Morgan fingerprint density at radius 2 is 2.04 bits per heavy atom. The smallest absolute Gasteiger partial charge is 0.311 e. The van der Waals surface area contributed by atoms with Crippen molar-refractivity contribution >= 4 is 5.84 Å². The Labute approximate surface area is 134 Å². The lowest BCUT2D eigenvalue weighted by Crippen LogP contribution is -2.90. The van der Waals surface area contributed by atoms with Gasteiger partial charge >= 0.3 is 5.91 Å². The Morgan fingerprint density at radius 3 is 2.61 bits per heavy atom. The van der Waals surface area contributed by atoms with Crippen LogP contribution in [0.5, 0.6) is 0 Å². The summed E-state index contributed by atoms with van der Waals surface area (Å²) in [5, 5.41) is 19.8. The third kappa shape index (κ3) is 1.41. The van der Waals surface area contributed by atoms with E-state index >= 15 is 0 Å². The van der Waals surface area contributed by atoms with Crippen molar-refractivity contribution in [2.75, 3.05) is 6.61 Å². The standard InChI is InChI=1S/C17H16N4O2/c1-11-8-22-17(23-11)16(10-19)13(7-12-5-3-2-4-6-12)15(16,9-18)14(20)21-17/h2-6,11,13H,7-8H2,1H3,(H2,20,21)/p+1/t11-,13+,15+,16+,17-/m0/s1. The number of nitrogens with one attached hydrogen (secondary N) is 1. The van der Waals surface area contributed by atoms with Crippen molar-refractivity contribution in [3.63, 3.8) is 0 Å². The van der Waals surface area contributed by atoms with Crippen molar-refractivity contribution < 1.29 is 14.5 Å². The minimum atomic E-state index is -1.32. The molecule has 0 unspecified atom stereocenters. The molecule has 1 saturated carbocycles. The number of hydrogen-bond acceptors (Lipinski definition) is 5. The van der Waals surface area contributed by atoms with Gasteiger partial charge in [0.05, 0.1) is 24.8 Å². The van der Waals surface area contributed by atoms with Crippen molar-refractivity contribution in [3.8, 4) is 12.1 Å². The summed E-state index contributed by atoms with van der Waals surface area (Å²) in [5.41, 5.74) is 5.00. The van der Waals surface area contributed by atoms with E-state index in [1.54, 1.807) is 0 Å². The minimum Gasteiger partial charge on any atom is -0.311 e. The number of benzene rings is 1. The van der Waals surface area contributed by atoms with Crippen LogP contribution in [-0.2, 0) is 15.9 Å². The first-order chi connectivity index (χ1) is 11.1. The van der Waals surface area contributed by atoms with Gasteiger partial charge in [-0.05, 0) is 18.9 Å². The minimum absolute atomic E-state index is 0.159. The highest BCUT2D eigenvalue weighted by molar-refractivity contribution is 5.93. The summed E-state index contributed by atoms with van der Waals surface area (Å²) in [6, 6.07) is 14.4. The SMILES string of the molecule is C[C@H]1CO[C@]2([NH+]=C(N)[C@@]3(C#N)[C@@H](Cc4ccccc4)[C@@]23C#N)O1. The Balaban J connectivity index is 1.80. The fourth-order valence-electron chi connectivity index (χ4n) is 4.30. The quantitative estimate of drug-likeness (QED) is 0.760. The van der Waals surface area contributed by atoms with E-state index in [2.05, 4.69) is 17.1 Å². The highest BCUT2D eigenvalue weighted by Gasteiger charge is 2.97. The van der Waals surface area contributed by atoms with Crippen molar-refractivity contribution in [2.24, 2.45) is 22.5 Å². The van der Waals surface area contributed by atoms with Gasteiger partial charge in [0, 0.05) is 5.92 Å². The molecule has 0 bridgehead atoms. The summed E-state index contributed by atoms with van der Waals surface area (Å²) < 4.78 is 11.7. The number of rotatable bonds is 2. The third-order valence-electron chi connectivity index (χ3n) is 5.35. The zero-order valence-electron chi connectivity index (χ0n) is 12.7. The molecule has 1 aliphatic carbocycles. The van der Waals surface area contributed by atoms with E-state index in [1.807, 2.05) is 37.3 Å². The van der Waals surface area contributed by atoms with E-state index in [0.29, 0.717) is 13.0 Å². The first-order valence-corrected chi connectivity index (χ1v) is 7.65. The summed E-state index contributed by atoms with van der Waals surface area (Å²) in [6.45, 7) is 2.24. The van der Waals surface area contributed by atoms with Crippen LogP contribution in [0.4, 0.5) is 0 Å². The van der Waals surface area contributed by atoms with Crippen molar-refractivity contribution in [2.45, 2.75) is 25.4 Å². The molecule has 1 saturated heterocycles. The van der Waals surface area contributed by atoms with Gasteiger partial charge in [0.2, 0.25) is 0 Å². The molecule has 0 aromatic heterocycles. The number of nitriles is 2. The summed E-state index contributed by atoms with van der Waals surface area (Å²) in [5.74, 6) is -1.31. The number of amidine groups is 1. The molecule has 0 radical (unpaired) electrons. The predicted molar refractivity (Wildman–Crippen MR) is 79.1 cm³/mol. The molecule has 6 heteroatoms. The number of fused-ring (bicyclic) bond motifs is 2. The molecule has 1 aromatic carbocycles. The van der Waals surface area contributed by atoms with Gasteiger partial charge in [0.1, 0.15) is 0 Å². The van der Waals surface area contributed by atoms with Crippen LogP contribution < -0.4 is 10.7 Å². The average molecular weight is 309 g/mol. The number of ether oxygens (including phenoxy) is 2. The number of nitrogens with zero attached hydrogens (tertiary/aromatic N) is 2. The van der Waals surface area contributed by atoms with Gasteiger partial charge in [-0.3, -0.25) is 5.73 Å². The van der Waals surface area contributed by atoms with Gasteiger partial charge in [-0.15, -0.1) is 0 Å². The van der Waals surface area contributed by atoms with Gasteiger partial charge < -0.3 is 9.47 Å². The molecule has 3 N–H and O–H groups in total. The lowest BCUT2D eigenvalue weighted by Gasteiger charge is -2.23. The van der Waals surface area contributed by atoms with Crippen molar-refractivity contribution in [1.82, 2.24) is 0 Å². The second-order valence-corrected chi connectivity index (χ2v) is 6.48. The summed E-state index contributed by atoms with van der Waals surface area (Å²) >= 11 is 0. The molecule has 2 fully saturated rings. The molecule has 116 valence electrons. The first kappa shape index (κ1) is 14.2. The summed E-state index contributed by atoms with van der Waals surface area (Å²) in [6.07, 6.45) is 0.417. The van der Waals surface area contributed by atoms with Gasteiger partial charge in [-0.2, -0.15) is 10.5 Å². The zero-order valence-corrected chi connectivity index (χ0v) is 12.7. The van der Waals surface area contributed by atoms with Crippen LogP contribution in [0.3, 0.4) is 0 Å². The van der Waals surface area contributed by atoms with Crippen LogP contribution in [0, 0.1) is 39.4 Å². The average Bonchev–Trinajstić information content (AvgIpc) is 2.85. The van der Waals surface area contributed by atoms with Crippen LogP contribution in [0.15, 0.2) is 30.3 Å². The molecule has 23 heavy (non-hydrogen) atoms. The van der Waals surface area contributed by atoms with Crippen LogP contribution >= 0.6 is 0 Å². The van der Waals surface area contributed by atoms with E-state index in [9.17, 15) is 10.5 Å². The molecule has 3 aliphatic rings. The van der Waals surface area contributed by atoms with Crippen molar-refractivity contribution in [3.05, 3.63) is 35.9 Å². The molecule has 4 rings (SSSR count). The topological polar surface area (TPSA) is 106 Å². The second kappa shape index (κ2) is 4.32. The monoisotopic (exact) mass is 309 g/mol. The molecule has 0 amide bonds. The fraction of sp³-hybridized carbons (Fsp3) is 0.471. The molecule has 6 nitrogen and oxygen atoms in total. The molecule has 1 spiro atoms. The molecule has 1 aromatic rings. The lowest BCUT2D eigenvalue weighted by molar-refractivity contribution is -0.678. The maximum atomic E-state index is 9.97. The summed E-state index contributed by atoms with van der Waals surface area (Å²) in [4.78, 5) is 2.96. The Bertz CT molecular complexity index is 780. The van der Waals surface area contributed by atoms with E-state index in [1.165, 1.54) is 0 Å². The summed E-state index contributed by atoms with van der Waals surface area (Å²) in [7, 11) is 0. The van der Waals surface area contributed by atoms with E-state index in [4.69, 9.17) is 15.2 Å². The zero-order chi connectivity index (χ0) is 16.3. The molecule has 2 heterocycles. The highest BCUT2D eigenvalue weighted by Crippen LogP contribution is 2.75. The normalized spacial score (nSPS) is 43.5. The van der Waals surface area contributed by atoms with Gasteiger partial charge in [0.15, 0.2) is 10.8 Å². The maximum Gasteiger partial charge on any atom is 0.343 e. The van der Waals surface area contributed by atoms with Crippen LogP contribution in [0.25, 0.3) is 0 Å². The Kier molecular flexibility index (Phi) is 2.67. The third-order valence-corrected chi connectivity index (χ3v) is 5.35. The van der Waals surface area contributed by atoms with Crippen LogP contribution in [0.1, 0.15) is 12.5 Å². The van der Waals surface area contributed by atoms with E-state index in [-0.39, 0.29) is 17.9 Å². The number of nitrogens with two attached hydrogens (primary N) is 1. The second-order valence-electron chi connectivity index (χ2n) is 6.48. The van der Waals surface area contributed by atoms with E-state index < -0.39 is 16.7 Å². The van der Waals surface area contributed by atoms with E-state index in [0.717, 1.165) is 5.56 Å². The van der Waals surface area contributed by atoms with Crippen molar-refractivity contribution in [1.29, 1.82) is 10.5 Å². The first-order valence-electron chi connectivity index (χ1n) is 7.65. The van der Waals surface area contributed by atoms with Gasteiger partial charge in [0.25, 0.3) is 5.84 Å². The Morgan fingerprint density at radius 1 is 1.30 bits per heavy atom. The van der Waals surface area contributed by atoms with Gasteiger partial charge in [-0.1, -0.05) is 30.3 Å². The largest absolute Gasteiger partial charge is 0.343 e. The highest BCUT2D eigenvalue weighted by atomic mass is 16.8. The molecule has 2 aliphatic heterocycles. The fourth-order valence-corrected chi connectivity index (χ4v) is 4.30. The predicted octanol–water partition coefficient (Wildman–Crippen LogP) is -0.581. The molecular formula is C17H17N4O2+. The molecular weight excluding hydrogens is 292 g/mol. The van der Waals surface area contributed by atoms with Crippen LogP contribution in [-0.4, -0.2) is 24.5 Å². The lowest BCUT2D eigenvalue weighted by atomic mass is 9.94. The number of hydrogen-bond donors (Lipinski definition) is 2. The molecule has 5 atom stereocenters. The maximum absolute atomic E-state index is 9.97.